The Hall–Kier alpha value is -1.17. The summed E-state index contributed by atoms with van der Waals surface area (Å²) in [6.45, 7) is 8.92. The van der Waals surface area contributed by atoms with Crippen molar-refractivity contribution < 1.29 is 14.3 Å². The van der Waals surface area contributed by atoms with E-state index in [1.54, 1.807) is 11.0 Å². The molecule has 6 heteroatoms. The fourth-order valence-corrected chi connectivity index (χ4v) is 2.09. The molecule has 1 aromatic heterocycles. The summed E-state index contributed by atoms with van der Waals surface area (Å²) in [5, 5.41) is 0.422. The molecule has 0 saturated heterocycles. The topological polar surface area (TPSA) is 51.7 Å². The summed E-state index contributed by atoms with van der Waals surface area (Å²) >= 11 is 6.14. The van der Waals surface area contributed by atoms with Crippen LogP contribution < -0.4 is 0 Å². The number of carbonyl (C=O) groups is 1. The van der Waals surface area contributed by atoms with Gasteiger partial charge in [-0.2, -0.15) is 0 Å². The van der Waals surface area contributed by atoms with Gasteiger partial charge < -0.3 is 14.4 Å². The monoisotopic (exact) mass is 314 g/mol. The Labute approximate surface area is 131 Å². The lowest BCUT2D eigenvalue weighted by Gasteiger charge is -2.23. The number of nitrogens with zero attached hydrogens (tertiary/aromatic N) is 2. The second-order valence-electron chi connectivity index (χ2n) is 4.49. The second kappa shape index (κ2) is 9.71. The Bertz CT molecular complexity index is 445. The SMILES string of the molecule is CCOCCN(CCOCC)C(=O)c1cnc(C)cc1Cl. The Morgan fingerprint density at radius 1 is 1.24 bits per heavy atom. The van der Waals surface area contributed by atoms with E-state index in [1.807, 2.05) is 20.8 Å². The number of aryl methyl sites for hydroxylation is 1. The fourth-order valence-electron chi connectivity index (χ4n) is 1.81. The molecule has 21 heavy (non-hydrogen) atoms. The van der Waals surface area contributed by atoms with Gasteiger partial charge in [0.15, 0.2) is 0 Å². The number of halogens is 1. The van der Waals surface area contributed by atoms with Crippen molar-refractivity contribution in [1.82, 2.24) is 9.88 Å². The largest absolute Gasteiger partial charge is 0.380 e. The zero-order valence-electron chi connectivity index (χ0n) is 12.9. The molecule has 5 nitrogen and oxygen atoms in total. The van der Waals surface area contributed by atoms with Gasteiger partial charge in [-0.05, 0) is 26.8 Å². The lowest BCUT2D eigenvalue weighted by atomic mass is 10.2. The van der Waals surface area contributed by atoms with Crippen molar-refractivity contribution in [3.63, 3.8) is 0 Å². The van der Waals surface area contributed by atoms with E-state index in [4.69, 9.17) is 21.1 Å². The summed E-state index contributed by atoms with van der Waals surface area (Å²) in [7, 11) is 0. The molecule has 0 aromatic carbocycles. The third-order valence-corrected chi connectivity index (χ3v) is 3.24. The quantitative estimate of drug-likeness (QED) is 0.657. The van der Waals surface area contributed by atoms with Crippen molar-refractivity contribution >= 4 is 17.5 Å². The van der Waals surface area contributed by atoms with Crippen molar-refractivity contribution in [1.29, 1.82) is 0 Å². The first-order valence-electron chi connectivity index (χ1n) is 7.17. The van der Waals surface area contributed by atoms with E-state index < -0.39 is 0 Å². The first-order valence-corrected chi connectivity index (χ1v) is 7.54. The zero-order valence-corrected chi connectivity index (χ0v) is 13.7. The lowest BCUT2D eigenvalue weighted by Crippen LogP contribution is -2.37. The van der Waals surface area contributed by atoms with Crippen LogP contribution in [0.25, 0.3) is 0 Å². The van der Waals surface area contributed by atoms with Gasteiger partial charge in [0.25, 0.3) is 5.91 Å². The predicted molar refractivity (Wildman–Crippen MR) is 82.9 cm³/mol. The molecule has 1 rings (SSSR count). The highest BCUT2D eigenvalue weighted by molar-refractivity contribution is 6.33. The molecule has 0 N–H and O–H groups in total. The number of carbonyl (C=O) groups excluding carboxylic acids is 1. The Kier molecular flexibility index (Phi) is 8.27. The smallest absolute Gasteiger partial charge is 0.257 e. The van der Waals surface area contributed by atoms with Crippen molar-refractivity contribution in [3.8, 4) is 0 Å². The maximum Gasteiger partial charge on any atom is 0.257 e. The van der Waals surface area contributed by atoms with Crippen molar-refractivity contribution in [2.24, 2.45) is 0 Å². The highest BCUT2D eigenvalue weighted by Crippen LogP contribution is 2.17. The lowest BCUT2D eigenvalue weighted by molar-refractivity contribution is 0.0550. The van der Waals surface area contributed by atoms with Gasteiger partial charge in [0.2, 0.25) is 0 Å². The van der Waals surface area contributed by atoms with E-state index in [0.29, 0.717) is 50.1 Å². The minimum atomic E-state index is -0.146. The molecule has 0 spiro atoms. The summed E-state index contributed by atoms with van der Waals surface area (Å²) in [4.78, 5) is 18.4. The van der Waals surface area contributed by atoms with Crippen LogP contribution in [-0.2, 0) is 9.47 Å². The Morgan fingerprint density at radius 2 is 1.81 bits per heavy atom. The van der Waals surface area contributed by atoms with Crippen LogP contribution in [0, 0.1) is 6.92 Å². The van der Waals surface area contributed by atoms with Crippen LogP contribution in [0.4, 0.5) is 0 Å². The predicted octanol–water partition coefficient (Wildman–Crippen LogP) is 2.56. The number of pyridine rings is 1. The second-order valence-corrected chi connectivity index (χ2v) is 4.90. The minimum Gasteiger partial charge on any atom is -0.380 e. The Morgan fingerprint density at radius 3 is 2.29 bits per heavy atom. The molecule has 1 aromatic rings. The number of ether oxygens (including phenoxy) is 2. The molecule has 0 radical (unpaired) electrons. The molecule has 118 valence electrons. The van der Waals surface area contributed by atoms with E-state index in [2.05, 4.69) is 4.98 Å². The average Bonchev–Trinajstić information content (AvgIpc) is 2.45. The van der Waals surface area contributed by atoms with Gasteiger partial charge in [-0.1, -0.05) is 11.6 Å². The van der Waals surface area contributed by atoms with Crippen LogP contribution in [0.3, 0.4) is 0 Å². The molecular weight excluding hydrogens is 292 g/mol. The maximum absolute atomic E-state index is 12.6. The summed E-state index contributed by atoms with van der Waals surface area (Å²) in [6, 6.07) is 1.69. The van der Waals surface area contributed by atoms with Crippen LogP contribution in [0.1, 0.15) is 29.9 Å². The van der Waals surface area contributed by atoms with E-state index in [-0.39, 0.29) is 5.91 Å². The normalized spacial score (nSPS) is 10.7. The first-order chi connectivity index (χ1) is 10.1. The number of hydrogen-bond donors (Lipinski definition) is 0. The molecule has 0 aliphatic carbocycles. The highest BCUT2D eigenvalue weighted by atomic mass is 35.5. The van der Waals surface area contributed by atoms with Gasteiger partial charge in [0.1, 0.15) is 0 Å². The van der Waals surface area contributed by atoms with Gasteiger partial charge in [-0.25, -0.2) is 0 Å². The van der Waals surface area contributed by atoms with E-state index in [1.165, 1.54) is 6.20 Å². The van der Waals surface area contributed by atoms with E-state index in [0.717, 1.165) is 5.69 Å². The molecule has 0 atom stereocenters. The number of amides is 1. The molecule has 0 aliphatic rings. The number of rotatable bonds is 9. The van der Waals surface area contributed by atoms with Crippen LogP contribution >= 0.6 is 11.6 Å². The molecule has 1 heterocycles. The van der Waals surface area contributed by atoms with Gasteiger partial charge >= 0.3 is 0 Å². The highest BCUT2D eigenvalue weighted by Gasteiger charge is 2.18. The molecule has 0 fully saturated rings. The maximum atomic E-state index is 12.6. The number of hydrogen-bond acceptors (Lipinski definition) is 4. The first kappa shape index (κ1) is 17.9. The van der Waals surface area contributed by atoms with Crippen molar-refractivity contribution in [2.75, 3.05) is 39.5 Å². The van der Waals surface area contributed by atoms with E-state index >= 15 is 0 Å². The number of aromatic nitrogens is 1. The van der Waals surface area contributed by atoms with Gasteiger partial charge in [0, 0.05) is 38.2 Å². The molecule has 0 aliphatic heterocycles. The molecule has 0 saturated carbocycles. The summed E-state index contributed by atoms with van der Waals surface area (Å²) in [5.41, 5.74) is 1.20. The summed E-state index contributed by atoms with van der Waals surface area (Å²) in [5.74, 6) is -0.146. The van der Waals surface area contributed by atoms with Crippen LogP contribution in [0.2, 0.25) is 5.02 Å². The van der Waals surface area contributed by atoms with Crippen molar-refractivity contribution in [3.05, 3.63) is 28.5 Å². The summed E-state index contributed by atoms with van der Waals surface area (Å²) in [6.07, 6.45) is 1.52. The van der Waals surface area contributed by atoms with Crippen LogP contribution in [0.5, 0.6) is 0 Å². The molecule has 0 bridgehead atoms. The van der Waals surface area contributed by atoms with Gasteiger partial charge in [0.05, 0.1) is 23.8 Å². The van der Waals surface area contributed by atoms with Gasteiger partial charge in [-0.15, -0.1) is 0 Å². The van der Waals surface area contributed by atoms with Crippen LogP contribution in [0.15, 0.2) is 12.3 Å². The van der Waals surface area contributed by atoms with Gasteiger partial charge in [-0.3, -0.25) is 9.78 Å². The van der Waals surface area contributed by atoms with E-state index in [9.17, 15) is 4.79 Å². The zero-order chi connectivity index (χ0) is 15.7. The fraction of sp³-hybridized carbons (Fsp3) is 0.600. The average molecular weight is 315 g/mol. The third kappa shape index (κ3) is 5.99. The minimum absolute atomic E-state index is 0.146. The molecule has 1 amide bonds. The van der Waals surface area contributed by atoms with Crippen LogP contribution in [-0.4, -0.2) is 55.3 Å². The third-order valence-electron chi connectivity index (χ3n) is 2.93. The van der Waals surface area contributed by atoms with Crippen molar-refractivity contribution in [2.45, 2.75) is 20.8 Å². The standard InChI is InChI=1S/C15H23ClN2O3/c1-4-20-8-6-18(7-9-21-5-2)15(19)13-11-17-12(3)10-14(13)16/h10-11H,4-9H2,1-3H3. The molecular formula is C15H23ClN2O3. The molecule has 0 unspecified atom stereocenters. The Balaban J connectivity index is 2.76. The summed E-state index contributed by atoms with van der Waals surface area (Å²) < 4.78 is 10.6.